The summed E-state index contributed by atoms with van der Waals surface area (Å²) in [7, 11) is -3.95. The number of halogens is 3. The van der Waals surface area contributed by atoms with E-state index in [4.69, 9.17) is 0 Å². The molecule has 0 saturated carbocycles. The van der Waals surface area contributed by atoms with E-state index in [9.17, 15) is 26.4 Å². The molecule has 154 valence electrons. The zero-order valence-corrected chi connectivity index (χ0v) is 17.2. The molecule has 0 atom stereocenters. The van der Waals surface area contributed by atoms with Gasteiger partial charge in [-0.3, -0.25) is 4.79 Å². The lowest BCUT2D eigenvalue weighted by molar-refractivity contribution is -0.137. The Hall–Kier alpha value is -1.57. The molecule has 0 unspecified atom stereocenters. The van der Waals surface area contributed by atoms with Crippen molar-refractivity contribution in [1.29, 1.82) is 0 Å². The van der Waals surface area contributed by atoms with Crippen LogP contribution < -0.4 is 5.32 Å². The van der Waals surface area contributed by atoms with Crippen molar-refractivity contribution in [3.05, 3.63) is 29.8 Å². The second kappa shape index (κ2) is 8.20. The number of hydrogen-bond donors (Lipinski definition) is 1. The van der Waals surface area contributed by atoms with Crippen LogP contribution in [0.1, 0.15) is 65.9 Å². The molecule has 0 saturated heterocycles. The molecule has 4 nitrogen and oxygen atoms in total. The summed E-state index contributed by atoms with van der Waals surface area (Å²) in [6.07, 6.45) is -3.10. The molecule has 0 aromatic heterocycles. The molecule has 0 aliphatic carbocycles. The number of unbranched alkanes of at least 4 members (excludes halogenated alkanes) is 1. The number of hydrogen-bond acceptors (Lipinski definition) is 3. The van der Waals surface area contributed by atoms with Gasteiger partial charge in [0.05, 0.1) is 15.2 Å². The van der Waals surface area contributed by atoms with E-state index in [-0.39, 0.29) is 29.2 Å². The molecular formula is C19H28F3NO3S. The van der Waals surface area contributed by atoms with Gasteiger partial charge in [-0.05, 0) is 65.7 Å². The lowest BCUT2D eigenvalue weighted by atomic mass is 10.0. The van der Waals surface area contributed by atoms with E-state index in [0.717, 1.165) is 12.1 Å². The average Bonchev–Trinajstić information content (AvgIpc) is 2.49. The molecule has 1 aromatic carbocycles. The van der Waals surface area contributed by atoms with Crippen LogP contribution in [0.4, 0.5) is 13.2 Å². The summed E-state index contributed by atoms with van der Waals surface area (Å²) in [5.74, 6) is -0.110. The van der Waals surface area contributed by atoms with Crippen LogP contribution in [0.15, 0.2) is 29.2 Å². The number of rotatable bonds is 7. The Labute approximate surface area is 159 Å². The van der Waals surface area contributed by atoms with Crippen LogP contribution in [0.5, 0.6) is 0 Å². The first-order valence-electron chi connectivity index (χ1n) is 8.79. The number of alkyl halides is 3. The van der Waals surface area contributed by atoms with Gasteiger partial charge in [0, 0.05) is 12.0 Å². The maximum absolute atomic E-state index is 12.9. The van der Waals surface area contributed by atoms with Crippen LogP contribution in [0.3, 0.4) is 0 Å². The zero-order valence-electron chi connectivity index (χ0n) is 16.4. The average molecular weight is 407 g/mol. The van der Waals surface area contributed by atoms with Gasteiger partial charge in [0.1, 0.15) is 0 Å². The maximum atomic E-state index is 12.9. The molecule has 0 aliphatic heterocycles. The third-order valence-electron chi connectivity index (χ3n) is 4.15. The van der Waals surface area contributed by atoms with Gasteiger partial charge in [-0.2, -0.15) is 13.2 Å². The number of carbonyl (C=O) groups is 1. The standard InChI is InChI=1S/C19H28F3NO3S/c1-17(2,3)23-16(24)11-6-7-12-18(4,5)27(25,26)15-10-8-9-14(13-15)19(20,21)22/h8-10,13H,6-7,11-12H2,1-5H3,(H,23,24). The Balaban J connectivity index is 2.78. The highest BCUT2D eigenvalue weighted by Crippen LogP contribution is 2.34. The highest BCUT2D eigenvalue weighted by Gasteiger charge is 2.37. The molecule has 0 fully saturated rings. The number of nitrogens with one attached hydrogen (secondary N) is 1. The summed E-state index contributed by atoms with van der Waals surface area (Å²) in [4.78, 5) is 11.5. The predicted molar refractivity (Wildman–Crippen MR) is 99.1 cm³/mol. The third-order valence-corrected chi connectivity index (χ3v) is 6.68. The molecule has 0 bridgehead atoms. The highest BCUT2D eigenvalue weighted by molar-refractivity contribution is 7.92. The molecular weight excluding hydrogens is 379 g/mol. The molecule has 1 rings (SSSR count). The van der Waals surface area contributed by atoms with Gasteiger partial charge in [0.2, 0.25) is 5.91 Å². The van der Waals surface area contributed by atoms with Gasteiger partial charge in [-0.25, -0.2) is 8.42 Å². The van der Waals surface area contributed by atoms with E-state index in [1.54, 1.807) is 0 Å². The minimum absolute atomic E-state index is 0.110. The van der Waals surface area contributed by atoms with Crippen LogP contribution in [-0.4, -0.2) is 24.6 Å². The van der Waals surface area contributed by atoms with Crippen molar-refractivity contribution in [3.63, 3.8) is 0 Å². The Kier molecular flexibility index (Phi) is 7.13. The van der Waals surface area contributed by atoms with Crippen LogP contribution in [-0.2, 0) is 20.8 Å². The monoisotopic (exact) mass is 407 g/mol. The molecule has 1 N–H and O–H groups in total. The summed E-state index contributed by atoms with van der Waals surface area (Å²) >= 11 is 0. The first kappa shape index (κ1) is 23.5. The number of sulfone groups is 1. The second-order valence-electron chi connectivity index (χ2n) is 8.29. The lowest BCUT2D eigenvalue weighted by Crippen LogP contribution is -2.40. The Morgan fingerprint density at radius 2 is 1.63 bits per heavy atom. The van der Waals surface area contributed by atoms with Gasteiger partial charge in [0.15, 0.2) is 9.84 Å². The van der Waals surface area contributed by atoms with Crippen LogP contribution in [0.25, 0.3) is 0 Å². The number of benzene rings is 1. The van der Waals surface area contributed by atoms with Gasteiger partial charge in [-0.15, -0.1) is 0 Å². The van der Waals surface area contributed by atoms with Crippen molar-refractivity contribution < 1.29 is 26.4 Å². The molecule has 0 spiro atoms. The molecule has 1 amide bonds. The fourth-order valence-corrected chi connectivity index (χ4v) is 4.20. The van der Waals surface area contributed by atoms with E-state index in [1.807, 2.05) is 20.8 Å². The molecule has 8 heteroatoms. The summed E-state index contributed by atoms with van der Waals surface area (Å²) in [6.45, 7) is 8.61. The highest BCUT2D eigenvalue weighted by atomic mass is 32.2. The van der Waals surface area contributed by atoms with Crippen LogP contribution in [0, 0.1) is 0 Å². The fraction of sp³-hybridized carbons (Fsp3) is 0.632. The minimum atomic E-state index is -4.60. The molecule has 0 radical (unpaired) electrons. The first-order chi connectivity index (χ1) is 12.1. The van der Waals surface area contributed by atoms with Crippen molar-refractivity contribution in [2.75, 3.05) is 0 Å². The van der Waals surface area contributed by atoms with Crippen molar-refractivity contribution in [1.82, 2.24) is 5.32 Å². The zero-order chi connectivity index (χ0) is 21.1. The predicted octanol–water partition coefficient (Wildman–Crippen LogP) is 4.73. The van der Waals surface area contributed by atoms with E-state index in [2.05, 4.69) is 5.32 Å². The molecule has 0 aliphatic rings. The fourth-order valence-electron chi connectivity index (χ4n) is 2.61. The molecule has 1 aromatic rings. The topological polar surface area (TPSA) is 63.2 Å². The van der Waals surface area contributed by atoms with Crippen molar-refractivity contribution >= 4 is 15.7 Å². The number of carbonyl (C=O) groups excluding carboxylic acids is 1. The van der Waals surface area contributed by atoms with E-state index in [1.165, 1.54) is 19.9 Å². The smallest absolute Gasteiger partial charge is 0.352 e. The van der Waals surface area contributed by atoms with Gasteiger partial charge in [-0.1, -0.05) is 12.5 Å². The van der Waals surface area contributed by atoms with Crippen LogP contribution in [0.2, 0.25) is 0 Å². The normalized spacial score (nSPS) is 13.5. The summed E-state index contributed by atoms with van der Waals surface area (Å²) in [5, 5.41) is 2.83. The molecule has 27 heavy (non-hydrogen) atoms. The summed E-state index contributed by atoms with van der Waals surface area (Å²) in [6, 6.07) is 3.80. The van der Waals surface area contributed by atoms with Crippen molar-refractivity contribution in [2.45, 2.75) is 81.7 Å². The summed E-state index contributed by atoms with van der Waals surface area (Å²) in [5.41, 5.74) is -1.32. The third kappa shape index (κ3) is 6.83. The first-order valence-corrected chi connectivity index (χ1v) is 10.3. The Morgan fingerprint density at radius 1 is 1.04 bits per heavy atom. The van der Waals surface area contributed by atoms with Gasteiger partial charge < -0.3 is 5.32 Å². The summed E-state index contributed by atoms with van der Waals surface area (Å²) < 4.78 is 63.0. The largest absolute Gasteiger partial charge is 0.416 e. The quantitative estimate of drug-likeness (QED) is 0.665. The Bertz CT molecular complexity index is 763. The number of amides is 1. The van der Waals surface area contributed by atoms with Crippen molar-refractivity contribution in [3.8, 4) is 0 Å². The Morgan fingerprint density at radius 3 is 2.15 bits per heavy atom. The van der Waals surface area contributed by atoms with Gasteiger partial charge in [0.25, 0.3) is 0 Å². The van der Waals surface area contributed by atoms with Crippen molar-refractivity contribution in [2.24, 2.45) is 0 Å². The maximum Gasteiger partial charge on any atom is 0.416 e. The SMILES string of the molecule is CC(C)(C)NC(=O)CCCCC(C)(C)S(=O)(=O)c1cccc(C(F)(F)F)c1. The lowest BCUT2D eigenvalue weighted by Gasteiger charge is -2.25. The second-order valence-corrected chi connectivity index (χ2v) is 10.9. The van der Waals surface area contributed by atoms with E-state index in [0.29, 0.717) is 18.9 Å². The molecule has 0 heterocycles. The van der Waals surface area contributed by atoms with E-state index < -0.39 is 26.3 Å². The minimum Gasteiger partial charge on any atom is -0.352 e. The van der Waals surface area contributed by atoms with Crippen LogP contribution >= 0.6 is 0 Å². The van der Waals surface area contributed by atoms with E-state index >= 15 is 0 Å². The van der Waals surface area contributed by atoms with Gasteiger partial charge >= 0.3 is 6.18 Å².